The van der Waals surface area contributed by atoms with Crippen LogP contribution in [0.25, 0.3) is 27.8 Å². The Kier molecular flexibility index (Phi) is 4.71. The van der Waals surface area contributed by atoms with Gasteiger partial charge in [-0.15, -0.1) is 0 Å². The first-order valence-corrected chi connectivity index (χ1v) is 10.4. The molecule has 0 saturated carbocycles. The van der Waals surface area contributed by atoms with Gasteiger partial charge in [-0.1, -0.05) is 13.0 Å². The highest BCUT2D eigenvalue weighted by atomic mass is 16.1. The molecule has 0 unspecified atom stereocenters. The van der Waals surface area contributed by atoms with Crippen LogP contribution >= 0.6 is 0 Å². The van der Waals surface area contributed by atoms with E-state index in [2.05, 4.69) is 31.8 Å². The van der Waals surface area contributed by atoms with Crippen molar-refractivity contribution in [2.24, 2.45) is 7.05 Å². The summed E-state index contributed by atoms with van der Waals surface area (Å²) in [6.07, 6.45) is 6.64. The zero-order chi connectivity index (χ0) is 20.7. The minimum atomic E-state index is -0.102. The van der Waals surface area contributed by atoms with Gasteiger partial charge in [-0.3, -0.25) is 18.8 Å². The van der Waals surface area contributed by atoms with Gasteiger partial charge in [0, 0.05) is 56.4 Å². The lowest BCUT2D eigenvalue weighted by atomic mass is 10.1. The van der Waals surface area contributed by atoms with Gasteiger partial charge in [-0.2, -0.15) is 5.10 Å². The second kappa shape index (κ2) is 7.53. The van der Waals surface area contributed by atoms with Gasteiger partial charge in [0.25, 0.3) is 5.56 Å². The highest BCUT2D eigenvalue weighted by Gasteiger charge is 2.18. The molecule has 8 heteroatoms. The third-order valence-electron chi connectivity index (χ3n) is 5.69. The van der Waals surface area contributed by atoms with Gasteiger partial charge in [0.2, 0.25) is 0 Å². The van der Waals surface area contributed by atoms with E-state index < -0.39 is 0 Å². The molecule has 1 aromatic carbocycles. The lowest BCUT2D eigenvalue weighted by molar-refractivity contribution is 0.258. The molecule has 0 spiro atoms. The molecular formula is C22H25N7O. The highest BCUT2D eigenvalue weighted by molar-refractivity contribution is 5.83. The Morgan fingerprint density at radius 3 is 2.70 bits per heavy atom. The topological polar surface area (TPSA) is 71.6 Å². The van der Waals surface area contributed by atoms with Crippen LogP contribution in [0.1, 0.15) is 13.3 Å². The molecule has 3 aromatic heterocycles. The fourth-order valence-corrected chi connectivity index (χ4v) is 4.14. The lowest BCUT2D eigenvalue weighted by Gasteiger charge is -2.35. The number of hydrogen-bond donors (Lipinski definition) is 0. The van der Waals surface area contributed by atoms with Gasteiger partial charge in [0.05, 0.1) is 23.6 Å². The summed E-state index contributed by atoms with van der Waals surface area (Å²) in [5, 5.41) is 5.42. The zero-order valence-electron chi connectivity index (χ0n) is 17.3. The molecule has 1 fully saturated rings. The maximum Gasteiger partial charge on any atom is 0.258 e. The number of nitrogens with zero attached hydrogens (tertiary/aromatic N) is 7. The van der Waals surface area contributed by atoms with E-state index in [4.69, 9.17) is 0 Å². The van der Waals surface area contributed by atoms with Crippen LogP contribution in [-0.2, 0) is 7.05 Å². The normalized spacial score (nSPS) is 15.3. The fourth-order valence-electron chi connectivity index (χ4n) is 4.14. The summed E-state index contributed by atoms with van der Waals surface area (Å²) in [7, 11) is 1.90. The van der Waals surface area contributed by atoms with Crippen LogP contribution in [0.2, 0.25) is 0 Å². The van der Waals surface area contributed by atoms with Crippen LogP contribution in [0.3, 0.4) is 0 Å². The van der Waals surface area contributed by atoms with Crippen molar-refractivity contribution in [3.8, 4) is 11.3 Å². The van der Waals surface area contributed by atoms with Crippen LogP contribution in [0.4, 0.5) is 5.82 Å². The average molecular weight is 403 g/mol. The minimum Gasteiger partial charge on any atom is -0.353 e. The monoisotopic (exact) mass is 403 g/mol. The molecule has 0 aliphatic carbocycles. The van der Waals surface area contributed by atoms with Crippen molar-refractivity contribution in [1.29, 1.82) is 0 Å². The van der Waals surface area contributed by atoms with E-state index in [1.165, 1.54) is 6.42 Å². The van der Waals surface area contributed by atoms with Gasteiger partial charge in [0.1, 0.15) is 5.82 Å². The molecule has 0 atom stereocenters. The summed E-state index contributed by atoms with van der Waals surface area (Å²) in [5.41, 5.74) is 2.91. The number of aryl methyl sites for hydroxylation is 1. The molecular weight excluding hydrogens is 378 g/mol. The van der Waals surface area contributed by atoms with Crippen LogP contribution in [0.15, 0.2) is 47.7 Å². The number of fused-ring (bicyclic) bond motifs is 2. The smallest absolute Gasteiger partial charge is 0.258 e. The van der Waals surface area contributed by atoms with Crippen molar-refractivity contribution in [3.63, 3.8) is 0 Å². The van der Waals surface area contributed by atoms with Crippen molar-refractivity contribution >= 4 is 22.4 Å². The predicted molar refractivity (Wildman–Crippen MR) is 118 cm³/mol. The average Bonchev–Trinajstić information content (AvgIpc) is 3.13. The maximum absolute atomic E-state index is 12.9. The van der Waals surface area contributed by atoms with Gasteiger partial charge < -0.3 is 4.90 Å². The van der Waals surface area contributed by atoms with E-state index in [9.17, 15) is 4.79 Å². The summed E-state index contributed by atoms with van der Waals surface area (Å²) in [5.74, 6) is 0.826. The number of piperazine rings is 1. The van der Waals surface area contributed by atoms with Gasteiger partial charge >= 0.3 is 0 Å². The van der Waals surface area contributed by atoms with E-state index in [1.54, 1.807) is 21.3 Å². The standard InChI is InChI=1S/C22H25N7O/c1-3-6-27-7-9-28(10-8-27)21-15-29-20(13-23-21)24-19(12-22(29)30)16-4-5-18-17(11-16)14-26(2)25-18/h4-5,11-15H,3,6-10H2,1-2H3. The van der Waals surface area contributed by atoms with E-state index in [1.807, 2.05) is 37.6 Å². The van der Waals surface area contributed by atoms with E-state index in [0.717, 1.165) is 55.0 Å². The number of anilines is 1. The van der Waals surface area contributed by atoms with Crippen LogP contribution in [0, 0.1) is 0 Å². The molecule has 154 valence electrons. The second-order valence-corrected chi connectivity index (χ2v) is 7.86. The first-order chi connectivity index (χ1) is 14.6. The quantitative estimate of drug-likeness (QED) is 0.520. The van der Waals surface area contributed by atoms with Crippen LogP contribution in [0.5, 0.6) is 0 Å². The molecule has 1 aliphatic rings. The molecule has 1 aliphatic heterocycles. The second-order valence-electron chi connectivity index (χ2n) is 7.86. The number of hydrogen-bond acceptors (Lipinski definition) is 6. The molecule has 5 rings (SSSR count). The van der Waals surface area contributed by atoms with E-state index >= 15 is 0 Å². The Labute approximate surface area is 174 Å². The summed E-state index contributed by atoms with van der Waals surface area (Å²) in [6.45, 7) is 7.23. The lowest BCUT2D eigenvalue weighted by Crippen LogP contribution is -2.47. The number of benzene rings is 1. The molecule has 30 heavy (non-hydrogen) atoms. The summed E-state index contributed by atoms with van der Waals surface area (Å²) in [4.78, 5) is 26.9. The molecule has 4 aromatic rings. The third-order valence-corrected chi connectivity index (χ3v) is 5.69. The minimum absolute atomic E-state index is 0.102. The Bertz CT molecular complexity index is 1270. The Hall–Kier alpha value is -3.26. The maximum atomic E-state index is 12.9. The first-order valence-electron chi connectivity index (χ1n) is 10.4. The molecule has 0 radical (unpaired) electrons. The van der Waals surface area contributed by atoms with E-state index in [-0.39, 0.29) is 5.56 Å². The largest absolute Gasteiger partial charge is 0.353 e. The Morgan fingerprint density at radius 1 is 1.07 bits per heavy atom. The van der Waals surface area contributed by atoms with Crippen LogP contribution in [-0.4, -0.2) is 61.8 Å². The zero-order valence-corrected chi connectivity index (χ0v) is 17.3. The number of aromatic nitrogens is 5. The molecule has 8 nitrogen and oxygen atoms in total. The van der Waals surface area contributed by atoms with E-state index in [0.29, 0.717) is 11.3 Å². The predicted octanol–water partition coefficient (Wildman–Crippen LogP) is 2.18. The van der Waals surface area contributed by atoms with Crippen molar-refractivity contribution < 1.29 is 0 Å². The third kappa shape index (κ3) is 3.43. The Balaban J connectivity index is 1.46. The molecule has 0 amide bonds. The summed E-state index contributed by atoms with van der Waals surface area (Å²) in [6, 6.07) is 7.50. The summed E-state index contributed by atoms with van der Waals surface area (Å²) >= 11 is 0. The summed E-state index contributed by atoms with van der Waals surface area (Å²) < 4.78 is 3.37. The van der Waals surface area contributed by atoms with Crippen molar-refractivity contribution in [1.82, 2.24) is 29.0 Å². The number of rotatable bonds is 4. The molecule has 0 N–H and O–H groups in total. The fraction of sp³-hybridized carbons (Fsp3) is 0.364. The van der Waals surface area contributed by atoms with Crippen molar-refractivity contribution in [3.05, 3.63) is 53.2 Å². The van der Waals surface area contributed by atoms with Gasteiger partial charge in [-0.05, 0) is 25.1 Å². The highest BCUT2D eigenvalue weighted by Crippen LogP contribution is 2.22. The SMILES string of the molecule is CCCN1CCN(c2cn3c(=O)cc(-c4ccc5nn(C)cc5c4)nc3cn2)CC1. The Morgan fingerprint density at radius 2 is 1.90 bits per heavy atom. The molecule has 0 bridgehead atoms. The van der Waals surface area contributed by atoms with Crippen molar-refractivity contribution in [2.75, 3.05) is 37.6 Å². The van der Waals surface area contributed by atoms with Gasteiger partial charge in [0.15, 0.2) is 5.65 Å². The molecule has 4 heterocycles. The first kappa shape index (κ1) is 18.7. The molecule has 1 saturated heterocycles. The van der Waals surface area contributed by atoms with Crippen molar-refractivity contribution in [2.45, 2.75) is 13.3 Å². The van der Waals surface area contributed by atoms with Crippen LogP contribution < -0.4 is 10.5 Å². The van der Waals surface area contributed by atoms with Gasteiger partial charge in [-0.25, -0.2) is 9.97 Å².